The number of nitrogens with two attached hydrogens (primary N) is 1. The molecule has 0 saturated carbocycles. The molecule has 1 aliphatic rings. The summed E-state index contributed by atoms with van der Waals surface area (Å²) in [6.45, 7) is 1.21. The van der Waals surface area contributed by atoms with Crippen LogP contribution in [0.4, 0.5) is 5.82 Å². The number of methoxy groups -OCH3 is 1. The van der Waals surface area contributed by atoms with Gasteiger partial charge in [-0.1, -0.05) is 28.1 Å². The third-order valence-electron chi connectivity index (χ3n) is 4.98. The van der Waals surface area contributed by atoms with Crippen LogP contribution in [0.5, 0.6) is 0 Å². The summed E-state index contributed by atoms with van der Waals surface area (Å²) in [5.41, 5.74) is 5.56. The number of hydrogen-bond acceptors (Lipinski definition) is 6. The van der Waals surface area contributed by atoms with Crippen molar-refractivity contribution in [3.05, 3.63) is 60.7 Å². The van der Waals surface area contributed by atoms with Gasteiger partial charge >= 0.3 is 5.69 Å². The average molecular weight is 451 g/mol. The topological polar surface area (TPSA) is 110 Å². The summed E-state index contributed by atoms with van der Waals surface area (Å²) >= 11 is 3.48. The van der Waals surface area contributed by atoms with Crippen LogP contribution in [-0.2, 0) is 11.3 Å². The van der Waals surface area contributed by atoms with Crippen molar-refractivity contribution in [2.24, 2.45) is 0 Å². The van der Waals surface area contributed by atoms with E-state index in [2.05, 4.69) is 20.9 Å². The van der Waals surface area contributed by atoms with Crippen molar-refractivity contribution < 1.29 is 9.53 Å². The zero-order valence-electron chi connectivity index (χ0n) is 15.6. The normalized spacial score (nSPS) is 17.1. The minimum atomic E-state index is -0.751. The number of carbonyl (C=O) groups is 1. The molecule has 1 atom stereocenters. The van der Waals surface area contributed by atoms with Gasteiger partial charge in [-0.05, 0) is 37.1 Å². The summed E-state index contributed by atoms with van der Waals surface area (Å²) in [5.74, 6) is -0.513. The molecule has 0 bridgehead atoms. The Kier molecular flexibility index (Phi) is 6.48. The van der Waals surface area contributed by atoms with Gasteiger partial charge in [-0.3, -0.25) is 24.0 Å². The number of anilines is 1. The van der Waals surface area contributed by atoms with Crippen LogP contribution in [0.1, 0.15) is 34.8 Å². The summed E-state index contributed by atoms with van der Waals surface area (Å²) in [7, 11) is 1.49. The lowest BCUT2D eigenvalue weighted by Crippen LogP contribution is -2.39. The minimum absolute atomic E-state index is 0.0624. The standard InChI is InChI=1S/C19H23BrN4O4/c1-28-9-8-24-17(21)16(18(26)22-19(24)27)15(25)11-23-7-3-6-14(23)12-4-2-5-13(20)10-12/h2,4-5,10,14H,3,6-9,11,21H2,1H3,(H,22,26,27). The van der Waals surface area contributed by atoms with Gasteiger partial charge in [0.15, 0.2) is 5.78 Å². The molecule has 0 radical (unpaired) electrons. The van der Waals surface area contributed by atoms with Crippen molar-refractivity contribution in [1.29, 1.82) is 0 Å². The highest BCUT2D eigenvalue weighted by Crippen LogP contribution is 2.33. The SMILES string of the molecule is COCCn1c(N)c(C(=O)CN2CCCC2c2cccc(Br)c2)c(=O)[nH]c1=O. The number of hydrogen-bond donors (Lipinski definition) is 2. The summed E-state index contributed by atoms with van der Waals surface area (Å²) < 4.78 is 7.10. The zero-order chi connectivity index (χ0) is 20.3. The predicted octanol–water partition coefficient (Wildman–Crippen LogP) is 1.55. The van der Waals surface area contributed by atoms with Gasteiger partial charge in [-0.25, -0.2) is 4.79 Å². The lowest BCUT2D eigenvalue weighted by atomic mass is 10.0. The van der Waals surface area contributed by atoms with Crippen LogP contribution in [0.15, 0.2) is 38.3 Å². The molecule has 9 heteroatoms. The molecule has 8 nitrogen and oxygen atoms in total. The lowest BCUT2D eigenvalue weighted by molar-refractivity contribution is 0.0920. The number of rotatable bonds is 7. The number of H-pyrrole nitrogens is 1. The number of nitrogens with one attached hydrogen (secondary N) is 1. The Morgan fingerprint density at radius 2 is 2.18 bits per heavy atom. The van der Waals surface area contributed by atoms with Crippen LogP contribution in [0.3, 0.4) is 0 Å². The number of aromatic nitrogens is 2. The first-order chi connectivity index (χ1) is 13.4. The highest BCUT2D eigenvalue weighted by atomic mass is 79.9. The first kappa shape index (κ1) is 20.5. The van der Waals surface area contributed by atoms with Crippen LogP contribution in [0, 0.1) is 0 Å². The maximum Gasteiger partial charge on any atom is 0.330 e. The Bertz CT molecular complexity index is 985. The summed E-state index contributed by atoms with van der Waals surface area (Å²) in [6, 6.07) is 8.09. The largest absolute Gasteiger partial charge is 0.384 e. The third-order valence-corrected chi connectivity index (χ3v) is 5.47. The second-order valence-electron chi connectivity index (χ2n) is 6.77. The van der Waals surface area contributed by atoms with Crippen molar-refractivity contribution in [2.75, 3.05) is 32.5 Å². The fourth-order valence-electron chi connectivity index (χ4n) is 3.63. The molecule has 1 aliphatic heterocycles. The molecule has 0 spiro atoms. The van der Waals surface area contributed by atoms with Gasteiger partial charge in [0.25, 0.3) is 5.56 Å². The second-order valence-corrected chi connectivity index (χ2v) is 7.69. The zero-order valence-corrected chi connectivity index (χ0v) is 17.2. The molecule has 1 aromatic heterocycles. The van der Waals surface area contributed by atoms with E-state index in [9.17, 15) is 14.4 Å². The van der Waals surface area contributed by atoms with E-state index in [0.717, 1.165) is 34.0 Å². The number of benzene rings is 1. The molecule has 2 aromatic rings. The number of halogens is 1. The van der Waals surface area contributed by atoms with E-state index in [1.54, 1.807) is 0 Å². The van der Waals surface area contributed by atoms with E-state index in [0.29, 0.717) is 0 Å². The van der Waals surface area contributed by atoms with Crippen molar-refractivity contribution in [1.82, 2.24) is 14.5 Å². The van der Waals surface area contributed by atoms with Crippen LogP contribution >= 0.6 is 15.9 Å². The Labute approximate surface area is 170 Å². The third kappa shape index (κ3) is 4.26. The van der Waals surface area contributed by atoms with Gasteiger partial charge in [0, 0.05) is 17.6 Å². The molecule has 1 aromatic carbocycles. The van der Waals surface area contributed by atoms with E-state index in [1.807, 2.05) is 29.2 Å². The fourth-order valence-corrected chi connectivity index (χ4v) is 4.05. The summed E-state index contributed by atoms with van der Waals surface area (Å²) in [5, 5.41) is 0. The molecule has 150 valence electrons. The Morgan fingerprint density at radius 1 is 1.39 bits per heavy atom. The van der Waals surface area contributed by atoms with Crippen molar-refractivity contribution in [3.8, 4) is 0 Å². The summed E-state index contributed by atoms with van der Waals surface area (Å²) in [6.07, 6.45) is 1.90. The van der Waals surface area contributed by atoms with E-state index in [4.69, 9.17) is 10.5 Å². The molecule has 28 heavy (non-hydrogen) atoms. The number of aromatic amines is 1. The fraction of sp³-hybridized carbons (Fsp3) is 0.421. The highest BCUT2D eigenvalue weighted by Gasteiger charge is 2.30. The number of nitrogen functional groups attached to an aromatic ring is 1. The van der Waals surface area contributed by atoms with Crippen LogP contribution in [0.2, 0.25) is 0 Å². The van der Waals surface area contributed by atoms with Gasteiger partial charge in [-0.2, -0.15) is 0 Å². The van der Waals surface area contributed by atoms with Gasteiger partial charge in [-0.15, -0.1) is 0 Å². The molecule has 2 heterocycles. The minimum Gasteiger partial charge on any atom is -0.384 e. The van der Waals surface area contributed by atoms with Crippen LogP contribution in [-0.4, -0.2) is 47.0 Å². The molecule has 3 N–H and O–H groups in total. The molecule has 3 rings (SSSR count). The first-order valence-electron chi connectivity index (χ1n) is 9.06. The highest BCUT2D eigenvalue weighted by molar-refractivity contribution is 9.10. The Balaban J connectivity index is 1.86. The first-order valence-corrected chi connectivity index (χ1v) is 9.86. The molecular formula is C19H23BrN4O4. The number of Topliss-reactive ketones (excluding diaryl/α,β-unsaturated/α-hetero) is 1. The average Bonchev–Trinajstić information content (AvgIpc) is 3.09. The molecule has 0 amide bonds. The van der Waals surface area contributed by atoms with Crippen molar-refractivity contribution in [3.63, 3.8) is 0 Å². The van der Waals surface area contributed by atoms with Gasteiger partial charge in [0.1, 0.15) is 11.4 Å². The number of nitrogens with zero attached hydrogens (tertiary/aromatic N) is 2. The van der Waals surface area contributed by atoms with E-state index in [1.165, 1.54) is 7.11 Å². The molecule has 0 aliphatic carbocycles. The van der Waals surface area contributed by atoms with E-state index in [-0.39, 0.29) is 37.1 Å². The Hall–Kier alpha value is -2.23. The quantitative estimate of drug-likeness (QED) is 0.619. The maximum atomic E-state index is 12.9. The van der Waals surface area contributed by atoms with Crippen LogP contribution < -0.4 is 17.0 Å². The molecule has 1 unspecified atom stereocenters. The summed E-state index contributed by atoms with van der Waals surface area (Å²) in [4.78, 5) is 41.4. The number of carbonyl (C=O) groups excluding carboxylic acids is 1. The molecular weight excluding hydrogens is 428 g/mol. The second kappa shape index (κ2) is 8.85. The number of likely N-dealkylation sites (tertiary alicyclic amines) is 1. The van der Waals surface area contributed by atoms with Crippen LogP contribution in [0.25, 0.3) is 0 Å². The Morgan fingerprint density at radius 3 is 2.89 bits per heavy atom. The smallest absolute Gasteiger partial charge is 0.330 e. The van der Waals surface area contributed by atoms with E-state index >= 15 is 0 Å². The van der Waals surface area contributed by atoms with Gasteiger partial charge in [0.2, 0.25) is 0 Å². The predicted molar refractivity (Wildman–Crippen MR) is 110 cm³/mol. The lowest BCUT2D eigenvalue weighted by Gasteiger charge is -2.24. The van der Waals surface area contributed by atoms with Gasteiger partial charge < -0.3 is 10.5 Å². The maximum absolute atomic E-state index is 12.9. The number of ether oxygens (including phenoxy) is 1. The van der Waals surface area contributed by atoms with Crippen molar-refractivity contribution in [2.45, 2.75) is 25.4 Å². The molecule has 1 fully saturated rings. The van der Waals surface area contributed by atoms with E-state index < -0.39 is 17.0 Å². The van der Waals surface area contributed by atoms with Gasteiger partial charge in [0.05, 0.1) is 19.7 Å². The number of ketones is 1. The monoisotopic (exact) mass is 450 g/mol. The molecule has 1 saturated heterocycles. The van der Waals surface area contributed by atoms with Crippen molar-refractivity contribution >= 4 is 27.5 Å².